The van der Waals surface area contributed by atoms with Crippen LogP contribution in [0.1, 0.15) is 39.5 Å². The van der Waals surface area contributed by atoms with Crippen molar-refractivity contribution in [3.8, 4) is 0 Å². The smallest absolute Gasteiger partial charge is 0.227 e. The third-order valence-corrected chi connectivity index (χ3v) is 3.01. The van der Waals surface area contributed by atoms with E-state index < -0.39 is 0 Å². The van der Waals surface area contributed by atoms with Gasteiger partial charge in [0, 0.05) is 36.3 Å². The van der Waals surface area contributed by atoms with Gasteiger partial charge in [-0.1, -0.05) is 49.3 Å². The van der Waals surface area contributed by atoms with Crippen LogP contribution in [0.5, 0.6) is 0 Å². The maximum Gasteiger partial charge on any atom is 0.227 e. The summed E-state index contributed by atoms with van der Waals surface area (Å²) in [5, 5.41) is 5.42. The van der Waals surface area contributed by atoms with Crippen molar-refractivity contribution in [2.24, 2.45) is 5.11 Å². The highest BCUT2D eigenvalue weighted by atomic mass is 32.1. The van der Waals surface area contributed by atoms with Crippen molar-refractivity contribution in [1.82, 2.24) is 5.32 Å². The average molecular weight is 399 g/mol. The van der Waals surface area contributed by atoms with Crippen LogP contribution in [-0.2, 0) is 19.2 Å². The lowest BCUT2D eigenvalue weighted by Crippen LogP contribution is -2.18. The number of imide groups is 1. The Morgan fingerprint density at radius 3 is 1.65 bits per heavy atom. The van der Waals surface area contributed by atoms with Gasteiger partial charge in [0.15, 0.2) is 10.2 Å². The summed E-state index contributed by atoms with van der Waals surface area (Å²) in [6.45, 7) is 3.55. The van der Waals surface area contributed by atoms with E-state index in [1.165, 1.54) is 0 Å². The fraction of sp³-hybridized carbons (Fsp3) is 0.375. The first kappa shape index (κ1) is 25.9. The molecule has 0 unspecified atom stereocenters. The summed E-state index contributed by atoms with van der Waals surface area (Å²) >= 11 is 6.92. The third-order valence-electron chi connectivity index (χ3n) is 2.38. The molecule has 2 amide bonds. The van der Waals surface area contributed by atoms with Gasteiger partial charge in [-0.05, 0) is 5.53 Å². The fourth-order valence-electron chi connectivity index (χ4n) is 1.05. The molecule has 142 valence electrons. The van der Waals surface area contributed by atoms with Crippen LogP contribution in [0.25, 0.3) is 10.4 Å². The lowest BCUT2D eigenvalue weighted by molar-refractivity contribution is -0.124. The molecule has 0 aliphatic carbocycles. The monoisotopic (exact) mass is 398 g/mol. The summed E-state index contributed by atoms with van der Waals surface area (Å²) in [6.07, 6.45) is 1.81. The van der Waals surface area contributed by atoms with Gasteiger partial charge >= 0.3 is 0 Å². The van der Waals surface area contributed by atoms with E-state index in [2.05, 4.69) is 40.6 Å². The first-order valence-electron chi connectivity index (χ1n) is 7.63. The van der Waals surface area contributed by atoms with Gasteiger partial charge in [0.25, 0.3) is 0 Å². The van der Waals surface area contributed by atoms with Crippen molar-refractivity contribution in [1.29, 1.82) is 0 Å². The third kappa shape index (κ3) is 19.8. The maximum absolute atomic E-state index is 10.1. The molecule has 0 bridgehead atoms. The summed E-state index contributed by atoms with van der Waals surface area (Å²) in [5.41, 5.74) is 8.63. The molecule has 1 fully saturated rings. The molecule has 0 saturated carbocycles. The Kier molecular flexibility index (Phi) is 17.5. The van der Waals surface area contributed by atoms with Gasteiger partial charge < -0.3 is 0 Å². The summed E-state index contributed by atoms with van der Waals surface area (Å²) in [4.78, 5) is 42.2. The second kappa shape index (κ2) is 17.5. The number of carbonyl (C=O) groups is 4. The second-order valence-electron chi connectivity index (χ2n) is 4.49. The molecular weight excluding hydrogens is 376 g/mol. The van der Waals surface area contributed by atoms with Crippen LogP contribution in [0.2, 0.25) is 0 Å². The van der Waals surface area contributed by atoms with E-state index in [-0.39, 0.29) is 22.0 Å². The number of hydrogen-bond donors (Lipinski definition) is 3. The Labute approximate surface area is 163 Å². The number of thiol groups is 2. The molecule has 0 radical (unpaired) electrons. The van der Waals surface area contributed by atoms with Crippen LogP contribution in [0.4, 0.5) is 5.69 Å². The first-order chi connectivity index (χ1) is 12.3. The highest BCUT2D eigenvalue weighted by molar-refractivity contribution is 7.96. The van der Waals surface area contributed by atoms with Crippen molar-refractivity contribution >= 4 is 53.0 Å². The SMILES string of the molecule is CCC(=O)S.CCC(=O)S.O=C1CCC(=O)N1.[N-]=[N+]=Nc1ccccc1. The van der Waals surface area contributed by atoms with E-state index in [0.29, 0.717) is 31.4 Å². The summed E-state index contributed by atoms with van der Waals surface area (Å²) in [6, 6.07) is 9.02. The Bertz CT molecular complexity index is 604. The van der Waals surface area contributed by atoms with Crippen LogP contribution >= 0.6 is 25.3 Å². The van der Waals surface area contributed by atoms with Gasteiger partial charge in [0.1, 0.15) is 0 Å². The molecular formula is C16H22N4O4S2. The molecule has 0 aromatic heterocycles. The molecule has 2 rings (SSSR count). The van der Waals surface area contributed by atoms with Crippen LogP contribution in [0, 0.1) is 0 Å². The normalized spacial score (nSPS) is 11.1. The lowest BCUT2D eigenvalue weighted by Gasteiger charge is -1.83. The van der Waals surface area contributed by atoms with Crippen molar-refractivity contribution in [3.05, 3.63) is 40.8 Å². The Balaban J connectivity index is 0. The molecule has 1 N–H and O–H groups in total. The largest absolute Gasteiger partial charge is 0.296 e. The average Bonchev–Trinajstić information content (AvgIpc) is 3.00. The number of hydrogen-bond acceptors (Lipinski definition) is 5. The molecule has 1 aromatic carbocycles. The molecule has 10 heteroatoms. The van der Waals surface area contributed by atoms with Crippen LogP contribution < -0.4 is 5.32 Å². The molecule has 0 atom stereocenters. The molecule has 0 spiro atoms. The lowest BCUT2D eigenvalue weighted by atomic mass is 10.3. The zero-order chi connectivity index (χ0) is 20.4. The Hall–Kier alpha value is -2.29. The highest BCUT2D eigenvalue weighted by Gasteiger charge is 2.15. The molecule has 8 nitrogen and oxygen atoms in total. The second-order valence-corrected chi connectivity index (χ2v) is 5.49. The van der Waals surface area contributed by atoms with E-state index in [9.17, 15) is 19.2 Å². The van der Waals surface area contributed by atoms with Crippen molar-refractivity contribution < 1.29 is 19.2 Å². The quantitative estimate of drug-likeness (QED) is 0.235. The van der Waals surface area contributed by atoms with E-state index >= 15 is 0 Å². The highest BCUT2D eigenvalue weighted by Crippen LogP contribution is 2.08. The van der Waals surface area contributed by atoms with Gasteiger partial charge in [0.05, 0.1) is 0 Å². The van der Waals surface area contributed by atoms with Gasteiger partial charge in [-0.2, -0.15) is 0 Å². The maximum atomic E-state index is 10.1. The first-order valence-corrected chi connectivity index (χ1v) is 8.52. The van der Waals surface area contributed by atoms with Crippen molar-refractivity contribution in [2.45, 2.75) is 39.5 Å². The number of nitrogens with zero attached hydrogens (tertiary/aromatic N) is 3. The fourth-order valence-corrected chi connectivity index (χ4v) is 1.05. The van der Waals surface area contributed by atoms with Crippen LogP contribution in [0.15, 0.2) is 35.4 Å². The number of azide groups is 1. The zero-order valence-corrected chi connectivity index (χ0v) is 16.4. The van der Waals surface area contributed by atoms with E-state index in [1.54, 1.807) is 26.0 Å². The molecule has 1 saturated heterocycles. The van der Waals surface area contributed by atoms with Gasteiger partial charge in [-0.15, -0.1) is 25.3 Å². The van der Waals surface area contributed by atoms with E-state index in [4.69, 9.17) is 5.53 Å². The van der Waals surface area contributed by atoms with Gasteiger partial charge in [0.2, 0.25) is 11.8 Å². The number of rotatable bonds is 3. The predicted octanol–water partition coefficient (Wildman–Crippen LogP) is 3.76. The van der Waals surface area contributed by atoms with E-state index in [1.807, 2.05) is 18.2 Å². The summed E-state index contributed by atoms with van der Waals surface area (Å²) in [7, 11) is 0. The molecule has 1 aromatic rings. The van der Waals surface area contributed by atoms with Crippen molar-refractivity contribution in [3.63, 3.8) is 0 Å². The minimum absolute atomic E-state index is 0.0509. The molecule has 1 heterocycles. The molecule has 1 aliphatic rings. The topological polar surface area (TPSA) is 129 Å². The van der Waals surface area contributed by atoms with Crippen LogP contribution in [0.3, 0.4) is 0 Å². The standard InChI is InChI=1S/C6H5N3.C4H5NO2.2C3H6OS/c7-9-8-6-4-2-1-3-5-6;6-3-1-2-4(7)5-3;2*1-2-3(4)5/h1-5H;1-2H2,(H,5,6,7);2*2H2,1H3,(H,4,5). The number of carbonyl (C=O) groups excluding carboxylic acids is 4. The zero-order valence-electron chi connectivity index (χ0n) is 14.6. The van der Waals surface area contributed by atoms with E-state index in [0.717, 1.165) is 0 Å². The summed E-state index contributed by atoms with van der Waals surface area (Å²) < 4.78 is 0. The number of nitrogens with one attached hydrogen (secondary N) is 1. The van der Waals surface area contributed by atoms with Crippen LogP contribution in [-0.4, -0.2) is 22.0 Å². The van der Waals surface area contributed by atoms with Crippen molar-refractivity contribution in [2.75, 3.05) is 0 Å². The minimum atomic E-state index is -0.148. The summed E-state index contributed by atoms with van der Waals surface area (Å²) in [5.74, 6) is -0.296. The number of amides is 2. The number of benzene rings is 1. The Morgan fingerprint density at radius 1 is 1.04 bits per heavy atom. The minimum Gasteiger partial charge on any atom is -0.296 e. The molecule has 1 aliphatic heterocycles. The van der Waals surface area contributed by atoms with Gasteiger partial charge in [-0.3, -0.25) is 24.5 Å². The predicted molar refractivity (Wildman–Crippen MR) is 106 cm³/mol. The van der Waals surface area contributed by atoms with Gasteiger partial charge in [-0.25, -0.2) is 0 Å². The molecule has 26 heavy (non-hydrogen) atoms. The Morgan fingerprint density at radius 2 is 1.42 bits per heavy atom.